The van der Waals surface area contributed by atoms with Crippen LogP contribution in [-0.2, 0) is 0 Å². The molecule has 4 rings (SSSR count). The molecule has 0 radical (unpaired) electrons. The average Bonchev–Trinajstić information content (AvgIpc) is 3.06. The second-order valence-electron chi connectivity index (χ2n) is 6.35. The van der Waals surface area contributed by atoms with E-state index in [0.29, 0.717) is 30.3 Å². The number of likely N-dealkylation sites (tertiary alicyclic amines) is 1. The summed E-state index contributed by atoms with van der Waals surface area (Å²) in [6, 6.07) is 3.01. The lowest BCUT2D eigenvalue weighted by Gasteiger charge is -2.39. The number of aliphatic hydroxyl groups excluding tert-OH is 2. The van der Waals surface area contributed by atoms with Crippen molar-refractivity contribution in [2.45, 2.75) is 25.3 Å². The molecular weight excluding hydrogens is 357 g/mol. The van der Waals surface area contributed by atoms with Gasteiger partial charge in [0.25, 0.3) is 0 Å². The van der Waals surface area contributed by atoms with E-state index in [9.17, 15) is 14.6 Å². The predicted octanol–water partition coefficient (Wildman–Crippen LogP) is 2.07. The summed E-state index contributed by atoms with van der Waals surface area (Å²) in [6.07, 6.45) is 1.42. The summed E-state index contributed by atoms with van der Waals surface area (Å²) < 4.78 is 14.2. The van der Waals surface area contributed by atoms with Crippen molar-refractivity contribution in [3.8, 4) is 0 Å². The smallest absolute Gasteiger partial charge is 0.224 e. The number of thiophene rings is 1. The van der Waals surface area contributed by atoms with Crippen LogP contribution in [0, 0.1) is 5.82 Å². The van der Waals surface area contributed by atoms with Crippen LogP contribution in [0.2, 0.25) is 0 Å². The highest BCUT2D eigenvalue weighted by atomic mass is 32.1. The molecule has 0 saturated carbocycles. The molecule has 136 valence electrons. The number of β-amino-alcohol motifs (C(OH)–C–C–N with tert-alkyl or cyclic N) is 1. The Morgan fingerprint density at radius 1 is 1.35 bits per heavy atom. The summed E-state index contributed by atoms with van der Waals surface area (Å²) in [7, 11) is 0. The van der Waals surface area contributed by atoms with E-state index in [1.54, 1.807) is 11.1 Å². The zero-order valence-electron chi connectivity index (χ0n) is 14.0. The number of hydrogen-bond donors (Lipinski definition) is 3. The molecule has 1 saturated heterocycles. The van der Waals surface area contributed by atoms with Crippen LogP contribution >= 0.6 is 11.3 Å². The zero-order chi connectivity index (χ0) is 18.3. The van der Waals surface area contributed by atoms with Gasteiger partial charge in [-0.05, 0) is 30.0 Å². The summed E-state index contributed by atoms with van der Waals surface area (Å²) in [5.41, 5.74) is 1.91. The van der Waals surface area contributed by atoms with Gasteiger partial charge in [-0.1, -0.05) is 0 Å². The molecule has 1 aliphatic rings. The van der Waals surface area contributed by atoms with Gasteiger partial charge in [-0.25, -0.2) is 14.4 Å². The van der Waals surface area contributed by atoms with E-state index in [2.05, 4.69) is 20.3 Å². The summed E-state index contributed by atoms with van der Waals surface area (Å²) >= 11 is 1.46. The van der Waals surface area contributed by atoms with E-state index in [0.717, 1.165) is 16.4 Å². The molecular formula is C17H18FN5O2S. The quantitative estimate of drug-likeness (QED) is 0.628. The number of nitrogens with one attached hydrogen (secondary N) is 1. The van der Waals surface area contributed by atoms with Gasteiger partial charge >= 0.3 is 0 Å². The standard InChI is InChI=1S/C17H18FN5O2S/c1-9(10-4-11(18)6-19-5-10)20-17-21-13-2-3-26-15(13)14(22-17)16(25)23-7-12(24)8-23/h2-6,9,12,16,24-25H,7-8H2,1H3,(H,20,21,22)/t9-,16?/m0/s1. The fraction of sp³-hybridized carbons (Fsp3) is 0.353. The number of hydrogen-bond acceptors (Lipinski definition) is 8. The minimum atomic E-state index is -0.908. The molecule has 9 heteroatoms. The van der Waals surface area contributed by atoms with Crippen molar-refractivity contribution in [2.24, 2.45) is 0 Å². The van der Waals surface area contributed by atoms with E-state index >= 15 is 0 Å². The van der Waals surface area contributed by atoms with Crippen LogP contribution in [0.5, 0.6) is 0 Å². The molecule has 3 aromatic rings. The normalized spacial score (nSPS) is 17.8. The molecule has 3 aromatic heterocycles. The minimum Gasteiger partial charge on any atom is -0.390 e. The maximum Gasteiger partial charge on any atom is 0.224 e. The van der Waals surface area contributed by atoms with Gasteiger partial charge in [0.2, 0.25) is 5.95 Å². The van der Waals surface area contributed by atoms with Crippen LogP contribution in [0.15, 0.2) is 29.9 Å². The summed E-state index contributed by atoms with van der Waals surface area (Å²) in [4.78, 5) is 14.6. The van der Waals surface area contributed by atoms with Crippen LogP contribution in [0.3, 0.4) is 0 Å². The van der Waals surface area contributed by atoms with E-state index < -0.39 is 18.1 Å². The molecule has 1 fully saturated rings. The summed E-state index contributed by atoms with van der Waals surface area (Å²) in [5, 5.41) is 25.1. The molecule has 2 atom stereocenters. The first-order valence-corrected chi connectivity index (χ1v) is 9.11. The lowest BCUT2D eigenvalue weighted by Crippen LogP contribution is -2.52. The predicted molar refractivity (Wildman–Crippen MR) is 96.2 cm³/mol. The lowest BCUT2D eigenvalue weighted by molar-refractivity contribution is -0.102. The molecule has 0 aliphatic carbocycles. The molecule has 0 aromatic carbocycles. The van der Waals surface area contributed by atoms with Gasteiger partial charge in [0.15, 0.2) is 6.23 Å². The number of rotatable bonds is 5. The van der Waals surface area contributed by atoms with Gasteiger partial charge in [0.1, 0.15) is 11.5 Å². The van der Waals surface area contributed by atoms with Gasteiger partial charge < -0.3 is 15.5 Å². The molecule has 1 aliphatic heterocycles. The van der Waals surface area contributed by atoms with Crippen molar-refractivity contribution < 1.29 is 14.6 Å². The van der Waals surface area contributed by atoms with Crippen LogP contribution in [-0.4, -0.2) is 49.3 Å². The topological polar surface area (TPSA) is 94.4 Å². The molecule has 0 bridgehead atoms. The van der Waals surface area contributed by atoms with Crippen LogP contribution in [0.25, 0.3) is 10.2 Å². The Morgan fingerprint density at radius 2 is 2.15 bits per heavy atom. The van der Waals surface area contributed by atoms with Gasteiger partial charge in [-0.3, -0.25) is 9.88 Å². The van der Waals surface area contributed by atoms with E-state index in [1.165, 1.54) is 17.4 Å². The molecule has 1 unspecified atom stereocenters. The van der Waals surface area contributed by atoms with Gasteiger partial charge in [0.05, 0.1) is 28.6 Å². The van der Waals surface area contributed by atoms with E-state index in [1.807, 2.05) is 18.4 Å². The second kappa shape index (κ2) is 6.84. The summed E-state index contributed by atoms with van der Waals surface area (Å²) in [5.74, 6) is -0.0550. The number of anilines is 1. The monoisotopic (exact) mass is 375 g/mol. The van der Waals surface area contributed by atoms with Crippen molar-refractivity contribution in [2.75, 3.05) is 18.4 Å². The van der Waals surface area contributed by atoms with Crippen LogP contribution in [0.1, 0.15) is 30.5 Å². The van der Waals surface area contributed by atoms with Crippen molar-refractivity contribution in [1.29, 1.82) is 0 Å². The van der Waals surface area contributed by atoms with Crippen molar-refractivity contribution in [3.63, 3.8) is 0 Å². The minimum absolute atomic E-state index is 0.259. The largest absolute Gasteiger partial charge is 0.390 e. The van der Waals surface area contributed by atoms with Crippen molar-refractivity contribution in [1.82, 2.24) is 19.9 Å². The van der Waals surface area contributed by atoms with Gasteiger partial charge in [-0.2, -0.15) is 0 Å². The molecule has 3 N–H and O–H groups in total. The highest BCUT2D eigenvalue weighted by molar-refractivity contribution is 7.17. The highest BCUT2D eigenvalue weighted by Crippen LogP contribution is 2.32. The third kappa shape index (κ3) is 3.26. The number of aliphatic hydroxyl groups is 2. The Morgan fingerprint density at radius 3 is 2.88 bits per heavy atom. The third-order valence-corrected chi connectivity index (χ3v) is 5.31. The Bertz CT molecular complexity index is 930. The lowest BCUT2D eigenvalue weighted by atomic mass is 10.1. The maximum absolute atomic E-state index is 13.4. The summed E-state index contributed by atoms with van der Waals surface area (Å²) in [6.45, 7) is 2.68. The third-order valence-electron chi connectivity index (χ3n) is 4.38. The molecule has 4 heterocycles. The first kappa shape index (κ1) is 17.2. The molecule has 0 spiro atoms. The van der Waals surface area contributed by atoms with Crippen molar-refractivity contribution >= 4 is 27.5 Å². The Labute approximate surface area is 153 Å². The highest BCUT2D eigenvalue weighted by Gasteiger charge is 2.33. The average molecular weight is 375 g/mol. The molecule has 0 amide bonds. The molecule has 7 nitrogen and oxygen atoms in total. The fourth-order valence-corrected chi connectivity index (χ4v) is 3.77. The SMILES string of the molecule is C[C@H](Nc1nc(C(O)N2CC(O)C2)c2sccc2n1)c1cncc(F)c1. The van der Waals surface area contributed by atoms with Crippen molar-refractivity contribution in [3.05, 3.63) is 47.0 Å². The maximum atomic E-state index is 13.4. The number of halogens is 1. The zero-order valence-corrected chi connectivity index (χ0v) is 14.8. The fourth-order valence-electron chi connectivity index (χ4n) is 2.93. The second-order valence-corrected chi connectivity index (χ2v) is 7.27. The number of aromatic nitrogens is 3. The number of pyridine rings is 1. The Balaban J connectivity index is 1.63. The number of nitrogens with zero attached hydrogens (tertiary/aromatic N) is 4. The van der Waals surface area contributed by atoms with Crippen LogP contribution < -0.4 is 5.32 Å². The Hall–Kier alpha value is -2.20. The van der Waals surface area contributed by atoms with E-state index in [4.69, 9.17) is 0 Å². The van der Waals surface area contributed by atoms with Crippen LogP contribution in [0.4, 0.5) is 10.3 Å². The number of fused-ring (bicyclic) bond motifs is 1. The van der Waals surface area contributed by atoms with Gasteiger partial charge in [0, 0.05) is 19.3 Å². The Kier molecular flexibility index (Phi) is 4.53. The first-order chi connectivity index (χ1) is 12.5. The van der Waals surface area contributed by atoms with E-state index in [-0.39, 0.29) is 6.04 Å². The van der Waals surface area contributed by atoms with Gasteiger partial charge in [-0.15, -0.1) is 11.3 Å². The first-order valence-electron chi connectivity index (χ1n) is 8.23. The molecule has 26 heavy (non-hydrogen) atoms.